The maximum Gasteiger partial charge on any atom is 0.307 e. The van der Waals surface area contributed by atoms with Crippen molar-refractivity contribution in [3.63, 3.8) is 0 Å². The van der Waals surface area contributed by atoms with Crippen LogP contribution in [0.15, 0.2) is 12.4 Å². The van der Waals surface area contributed by atoms with Crippen LogP contribution in [0.4, 0.5) is 0 Å². The lowest BCUT2D eigenvalue weighted by Crippen LogP contribution is -2.29. The summed E-state index contributed by atoms with van der Waals surface area (Å²) >= 11 is 0. The molecule has 0 saturated heterocycles. The number of aliphatic carboxylic acids is 1. The average molecular weight is 250 g/mol. The number of carboxylic acids is 1. The molecule has 1 heterocycles. The molecule has 3 unspecified atom stereocenters. The van der Waals surface area contributed by atoms with E-state index in [1.807, 2.05) is 0 Å². The monoisotopic (exact) mass is 250 g/mol. The Morgan fingerprint density at radius 1 is 1.39 bits per heavy atom. The van der Waals surface area contributed by atoms with E-state index in [-0.39, 0.29) is 11.8 Å². The van der Waals surface area contributed by atoms with Crippen LogP contribution in [0, 0.1) is 11.8 Å². The third-order valence-electron chi connectivity index (χ3n) is 3.67. The van der Waals surface area contributed by atoms with Gasteiger partial charge in [0.1, 0.15) is 5.69 Å². The van der Waals surface area contributed by atoms with Crippen molar-refractivity contribution in [1.29, 1.82) is 0 Å². The predicted octanol–water partition coefficient (Wildman–Crippen LogP) is 2.09. The van der Waals surface area contributed by atoms with Gasteiger partial charge in [-0.05, 0) is 25.2 Å². The third-order valence-corrected chi connectivity index (χ3v) is 3.67. The quantitative estimate of drug-likeness (QED) is 0.889. The molecule has 18 heavy (non-hydrogen) atoms. The zero-order valence-electron chi connectivity index (χ0n) is 10.7. The molecule has 1 aromatic heterocycles. The topological polar surface area (TPSA) is 72.3 Å². The van der Waals surface area contributed by atoms with Crippen molar-refractivity contribution in [2.75, 3.05) is 7.11 Å². The Bertz CT molecular complexity index is 436. The van der Waals surface area contributed by atoms with Gasteiger partial charge in [-0.15, -0.1) is 0 Å². The molecule has 1 aliphatic rings. The second-order valence-electron chi connectivity index (χ2n) is 4.92. The molecule has 5 heteroatoms. The number of rotatable bonds is 3. The summed E-state index contributed by atoms with van der Waals surface area (Å²) in [4.78, 5) is 19.8. The molecule has 0 spiro atoms. The van der Waals surface area contributed by atoms with Crippen LogP contribution < -0.4 is 4.74 Å². The SMILES string of the molecule is COc1nccnc1C1CC(C)CCC1C(=O)O. The van der Waals surface area contributed by atoms with E-state index in [0.717, 1.165) is 12.8 Å². The van der Waals surface area contributed by atoms with E-state index < -0.39 is 5.97 Å². The summed E-state index contributed by atoms with van der Waals surface area (Å²) in [6.07, 6.45) is 5.63. The summed E-state index contributed by atoms with van der Waals surface area (Å²) in [6.45, 7) is 2.15. The Balaban J connectivity index is 2.34. The van der Waals surface area contributed by atoms with E-state index >= 15 is 0 Å². The number of hydrogen-bond acceptors (Lipinski definition) is 4. The predicted molar refractivity (Wildman–Crippen MR) is 65.5 cm³/mol. The van der Waals surface area contributed by atoms with Gasteiger partial charge in [-0.1, -0.05) is 6.92 Å². The normalized spacial score (nSPS) is 27.8. The molecule has 0 aromatic carbocycles. The maximum atomic E-state index is 11.4. The molecule has 0 radical (unpaired) electrons. The number of aromatic nitrogens is 2. The Morgan fingerprint density at radius 2 is 2.11 bits per heavy atom. The summed E-state index contributed by atoms with van der Waals surface area (Å²) in [7, 11) is 1.54. The molecule has 5 nitrogen and oxygen atoms in total. The summed E-state index contributed by atoms with van der Waals surface area (Å²) < 4.78 is 5.20. The fourth-order valence-corrected chi connectivity index (χ4v) is 2.73. The first-order valence-electron chi connectivity index (χ1n) is 6.21. The molecule has 0 amide bonds. The van der Waals surface area contributed by atoms with E-state index in [4.69, 9.17) is 4.74 Å². The lowest BCUT2D eigenvalue weighted by atomic mass is 9.73. The van der Waals surface area contributed by atoms with E-state index in [1.54, 1.807) is 12.4 Å². The molecular formula is C13H18N2O3. The van der Waals surface area contributed by atoms with E-state index in [1.165, 1.54) is 7.11 Å². The first-order valence-corrected chi connectivity index (χ1v) is 6.21. The number of ether oxygens (including phenoxy) is 1. The van der Waals surface area contributed by atoms with Crippen molar-refractivity contribution in [2.45, 2.75) is 32.1 Å². The highest BCUT2D eigenvalue weighted by molar-refractivity contribution is 5.71. The fourth-order valence-electron chi connectivity index (χ4n) is 2.73. The molecule has 3 atom stereocenters. The minimum absolute atomic E-state index is 0.102. The van der Waals surface area contributed by atoms with Gasteiger partial charge in [0.15, 0.2) is 0 Å². The zero-order valence-corrected chi connectivity index (χ0v) is 10.7. The van der Waals surface area contributed by atoms with Crippen molar-refractivity contribution in [3.05, 3.63) is 18.1 Å². The summed E-state index contributed by atoms with van der Waals surface area (Å²) in [5.41, 5.74) is 0.680. The summed E-state index contributed by atoms with van der Waals surface area (Å²) in [5, 5.41) is 9.33. The summed E-state index contributed by atoms with van der Waals surface area (Å²) in [6, 6.07) is 0. The van der Waals surface area contributed by atoms with Gasteiger partial charge in [0.25, 0.3) is 0 Å². The van der Waals surface area contributed by atoms with Crippen molar-refractivity contribution in [1.82, 2.24) is 9.97 Å². The number of carbonyl (C=O) groups is 1. The molecule has 1 saturated carbocycles. The number of nitrogens with zero attached hydrogens (tertiary/aromatic N) is 2. The molecule has 1 N–H and O–H groups in total. The van der Waals surface area contributed by atoms with E-state index in [2.05, 4.69) is 16.9 Å². The minimum Gasteiger partial charge on any atom is -0.481 e. The zero-order chi connectivity index (χ0) is 13.1. The standard InChI is InChI=1S/C13H18N2O3/c1-8-3-4-9(13(16)17)10(7-8)11-12(18-2)15-6-5-14-11/h5-6,8-10H,3-4,7H2,1-2H3,(H,16,17). The highest BCUT2D eigenvalue weighted by atomic mass is 16.5. The molecule has 0 bridgehead atoms. The Hall–Kier alpha value is -1.65. The number of hydrogen-bond donors (Lipinski definition) is 1. The molecule has 1 aliphatic carbocycles. The van der Waals surface area contributed by atoms with Gasteiger partial charge >= 0.3 is 5.97 Å². The first-order chi connectivity index (χ1) is 8.63. The average Bonchev–Trinajstić information content (AvgIpc) is 2.38. The van der Waals surface area contributed by atoms with Crippen molar-refractivity contribution in [2.24, 2.45) is 11.8 Å². The van der Waals surface area contributed by atoms with Gasteiger partial charge in [-0.3, -0.25) is 9.78 Å². The van der Waals surface area contributed by atoms with Crippen LogP contribution in [0.3, 0.4) is 0 Å². The van der Waals surface area contributed by atoms with Gasteiger partial charge in [0.2, 0.25) is 5.88 Å². The van der Waals surface area contributed by atoms with Crippen LogP contribution >= 0.6 is 0 Å². The second kappa shape index (κ2) is 5.33. The molecule has 1 fully saturated rings. The smallest absolute Gasteiger partial charge is 0.307 e. The molecule has 98 valence electrons. The van der Waals surface area contributed by atoms with Crippen molar-refractivity contribution in [3.8, 4) is 5.88 Å². The molecule has 1 aromatic rings. The van der Waals surface area contributed by atoms with Crippen LogP contribution in [-0.4, -0.2) is 28.2 Å². The van der Waals surface area contributed by atoms with E-state index in [9.17, 15) is 9.90 Å². The second-order valence-corrected chi connectivity index (χ2v) is 4.92. The summed E-state index contributed by atoms with van der Waals surface area (Å²) in [5.74, 6) is -0.276. The first kappa shape index (κ1) is 12.8. The number of methoxy groups -OCH3 is 1. The van der Waals surface area contributed by atoms with Crippen LogP contribution in [0.2, 0.25) is 0 Å². The largest absolute Gasteiger partial charge is 0.481 e. The van der Waals surface area contributed by atoms with Gasteiger partial charge in [0, 0.05) is 18.3 Å². The van der Waals surface area contributed by atoms with Crippen molar-refractivity contribution < 1.29 is 14.6 Å². The lowest BCUT2D eigenvalue weighted by molar-refractivity contribution is -0.143. The maximum absolute atomic E-state index is 11.4. The number of carboxylic acid groups (broad SMARTS) is 1. The highest BCUT2D eigenvalue weighted by Crippen LogP contribution is 2.42. The van der Waals surface area contributed by atoms with Crippen LogP contribution in [-0.2, 0) is 4.79 Å². The molecule has 0 aliphatic heterocycles. The van der Waals surface area contributed by atoms with Crippen LogP contribution in [0.25, 0.3) is 0 Å². The van der Waals surface area contributed by atoms with Gasteiger partial charge in [0.05, 0.1) is 13.0 Å². The van der Waals surface area contributed by atoms with Gasteiger partial charge in [-0.2, -0.15) is 0 Å². The minimum atomic E-state index is -0.750. The lowest BCUT2D eigenvalue weighted by Gasteiger charge is -2.32. The van der Waals surface area contributed by atoms with E-state index in [0.29, 0.717) is 23.9 Å². The third kappa shape index (κ3) is 2.44. The Labute approximate surface area is 106 Å². The van der Waals surface area contributed by atoms with Gasteiger partial charge < -0.3 is 9.84 Å². The Kier molecular flexibility index (Phi) is 3.79. The van der Waals surface area contributed by atoms with Crippen LogP contribution in [0.1, 0.15) is 37.8 Å². The van der Waals surface area contributed by atoms with Crippen LogP contribution in [0.5, 0.6) is 5.88 Å². The fraction of sp³-hybridized carbons (Fsp3) is 0.615. The highest BCUT2D eigenvalue weighted by Gasteiger charge is 2.37. The van der Waals surface area contributed by atoms with Crippen molar-refractivity contribution >= 4 is 5.97 Å². The Morgan fingerprint density at radius 3 is 2.78 bits per heavy atom. The van der Waals surface area contributed by atoms with Gasteiger partial charge in [-0.25, -0.2) is 4.98 Å². The molecule has 2 rings (SSSR count). The molecular weight excluding hydrogens is 232 g/mol.